The van der Waals surface area contributed by atoms with Gasteiger partial charge >= 0.3 is 6.01 Å². The predicted molar refractivity (Wildman–Crippen MR) is 77.7 cm³/mol. The summed E-state index contributed by atoms with van der Waals surface area (Å²) in [7, 11) is 3.68. The molecule has 1 saturated heterocycles. The second kappa shape index (κ2) is 6.67. The maximum Gasteiger partial charge on any atom is 0.322 e. The second-order valence-corrected chi connectivity index (χ2v) is 4.96. The van der Waals surface area contributed by atoms with Gasteiger partial charge in [0.1, 0.15) is 0 Å². The summed E-state index contributed by atoms with van der Waals surface area (Å²) in [6.45, 7) is 5.17. The molecule has 0 spiro atoms. The Labute approximate surface area is 119 Å². The van der Waals surface area contributed by atoms with Crippen molar-refractivity contribution in [2.45, 2.75) is 25.8 Å². The van der Waals surface area contributed by atoms with Crippen molar-refractivity contribution in [3.63, 3.8) is 0 Å². The van der Waals surface area contributed by atoms with Crippen LogP contribution in [0.3, 0.4) is 0 Å². The fraction of sp³-hybridized carbons (Fsp3) is 0.750. The lowest BCUT2D eigenvalue weighted by atomic mass is 10.2. The van der Waals surface area contributed by atoms with Gasteiger partial charge < -0.3 is 14.5 Å². The molecule has 1 fully saturated rings. The summed E-state index contributed by atoms with van der Waals surface area (Å²) in [6, 6.07) is 0.649. The summed E-state index contributed by atoms with van der Waals surface area (Å²) in [5.74, 6) is 6.34. The van der Waals surface area contributed by atoms with Crippen LogP contribution in [0.25, 0.3) is 0 Å². The molecular weight excluding hydrogens is 258 g/mol. The molecule has 2 heterocycles. The van der Waals surface area contributed by atoms with Crippen molar-refractivity contribution in [2.75, 3.05) is 44.1 Å². The highest BCUT2D eigenvalue weighted by atomic mass is 16.5. The Hall–Kier alpha value is -1.67. The highest BCUT2D eigenvalue weighted by molar-refractivity contribution is 5.39. The van der Waals surface area contributed by atoms with Crippen LogP contribution in [0, 0.1) is 0 Å². The average molecular weight is 281 g/mol. The van der Waals surface area contributed by atoms with E-state index in [0.29, 0.717) is 17.9 Å². The Morgan fingerprint density at radius 1 is 1.35 bits per heavy atom. The van der Waals surface area contributed by atoms with E-state index in [1.54, 1.807) is 0 Å². The van der Waals surface area contributed by atoms with E-state index in [4.69, 9.17) is 10.6 Å². The number of aromatic nitrogens is 3. The first kappa shape index (κ1) is 14.7. The first-order valence-electron chi connectivity index (χ1n) is 6.89. The van der Waals surface area contributed by atoms with Crippen LogP contribution >= 0.6 is 0 Å². The Morgan fingerprint density at radius 3 is 2.80 bits per heavy atom. The summed E-state index contributed by atoms with van der Waals surface area (Å²) < 4.78 is 5.11. The molecule has 1 aromatic rings. The van der Waals surface area contributed by atoms with E-state index in [0.717, 1.165) is 32.5 Å². The number of nitrogens with zero attached hydrogens (tertiary/aromatic N) is 5. The molecule has 2 rings (SSSR count). The van der Waals surface area contributed by atoms with Crippen LogP contribution in [0.4, 0.5) is 11.9 Å². The molecule has 0 aromatic carbocycles. The quantitative estimate of drug-likeness (QED) is 0.592. The third-order valence-corrected chi connectivity index (χ3v) is 3.54. The molecule has 0 amide bonds. The van der Waals surface area contributed by atoms with Crippen LogP contribution in [-0.4, -0.2) is 59.7 Å². The highest BCUT2D eigenvalue weighted by Gasteiger charge is 2.25. The number of likely N-dealkylation sites (N-methyl/N-ethyl adjacent to an activating group) is 1. The second-order valence-electron chi connectivity index (χ2n) is 4.96. The molecule has 112 valence electrons. The first-order chi connectivity index (χ1) is 9.67. The number of nitrogen functional groups attached to an aromatic ring is 1. The van der Waals surface area contributed by atoms with E-state index in [9.17, 15) is 0 Å². The zero-order valence-corrected chi connectivity index (χ0v) is 12.3. The van der Waals surface area contributed by atoms with Gasteiger partial charge in [-0.05, 0) is 26.4 Å². The molecule has 8 heteroatoms. The van der Waals surface area contributed by atoms with Crippen LogP contribution in [-0.2, 0) is 0 Å². The van der Waals surface area contributed by atoms with Crippen molar-refractivity contribution in [3.05, 3.63) is 0 Å². The topological polar surface area (TPSA) is 92.4 Å². The number of hydrazine groups is 1. The van der Waals surface area contributed by atoms with E-state index < -0.39 is 0 Å². The Morgan fingerprint density at radius 2 is 2.15 bits per heavy atom. The third-order valence-electron chi connectivity index (χ3n) is 3.54. The van der Waals surface area contributed by atoms with Gasteiger partial charge in [0.25, 0.3) is 0 Å². The van der Waals surface area contributed by atoms with Crippen LogP contribution in [0.15, 0.2) is 0 Å². The molecule has 20 heavy (non-hydrogen) atoms. The lowest BCUT2D eigenvalue weighted by Crippen LogP contribution is -2.41. The fourth-order valence-electron chi connectivity index (χ4n) is 2.49. The van der Waals surface area contributed by atoms with E-state index in [1.807, 2.05) is 0 Å². The molecule has 1 aliphatic heterocycles. The van der Waals surface area contributed by atoms with Crippen molar-refractivity contribution in [1.29, 1.82) is 0 Å². The van der Waals surface area contributed by atoms with Gasteiger partial charge in [0.05, 0.1) is 7.11 Å². The normalized spacial score (nSPS) is 20.6. The molecular formula is C12H23N7O. The molecule has 0 aliphatic carbocycles. The zero-order chi connectivity index (χ0) is 14.5. The molecule has 1 unspecified atom stereocenters. The van der Waals surface area contributed by atoms with Gasteiger partial charge in [-0.1, -0.05) is 6.92 Å². The number of ether oxygens (including phenoxy) is 1. The molecule has 1 aliphatic rings. The van der Waals surface area contributed by atoms with Gasteiger partial charge in [-0.3, -0.25) is 5.43 Å². The third kappa shape index (κ3) is 3.26. The number of hydrogen-bond acceptors (Lipinski definition) is 8. The molecule has 1 atom stereocenters. The molecule has 1 aromatic heterocycles. The summed E-state index contributed by atoms with van der Waals surface area (Å²) in [4.78, 5) is 17.3. The predicted octanol–water partition coefficient (Wildman–Crippen LogP) is 0.0863. The van der Waals surface area contributed by atoms with E-state index in [2.05, 4.69) is 44.1 Å². The number of nitrogens with two attached hydrogens (primary N) is 1. The largest absolute Gasteiger partial charge is 0.467 e. The zero-order valence-electron chi connectivity index (χ0n) is 12.3. The lowest BCUT2D eigenvalue weighted by molar-refractivity contribution is 0.327. The van der Waals surface area contributed by atoms with Gasteiger partial charge in [0, 0.05) is 19.1 Å². The summed E-state index contributed by atoms with van der Waals surface area (Å²) >= 11 is 0. The Kier molecular flexibility index (Phi) is 4.91. The van der Waals surface area contributed by atoms with Crippen LogP contribution in [0.2, 0.25) is 0 Å². The van der Waals surface area contributed by atoms with Crippen molar-refractivity contribution >= 4 is 11.9 Å². The van der Waals surface area contributed by atoms with Crippen molar-refractivity contribution < 1.29 is 4.74 Å². The average Bonchev–Trinajstić information content (AvgIpc) is 2.67. The Balaban J connectivity index is 2.31. The fourth-order valence-corrected chi connectivity index (χ4v) is 2.49. The van der Waals surface area contributed by atoms with Gasteiger partial charge in [0.15, 0.2) is 0 Å². The number of nitrogens with one attached hydrogen (secondary N) is 1. The van der Waals surface area contributed by atoms with Crippen LogP contribution in [0.5, 0.6) is 6.01 Å². The lowest BCUT2D eigenvalue weighted by Gasteiger charge is -2.30. The van der Waals surface area contributed by atoms with E-state index in [1.165, 1.54) is 7.11 Å². The number of methoxy groups -OCH3 is 1. The molecule has 0 bridgehead atoms. The smallest absolute Gasteiger partial charge is 0.322 e. The van der Waals surface area contributed by atoms with Crippen molar-refractivity contribution in [3.8, 4) is 6.01 Å². The maximum atomic E-state index is 5.41. The molecule has 3 N–H and O–H groups in total. The maximum absolute atomic E-state index is 5.41. The number of rotatable bonds is 4. The first-order valence-corrected chi connectivity index (χ1v) is 6.89. The summed E-state index contributed by atoms with van der Waals surface area (Å²) in [6.07, 6.45) is 2.11. The number of anilines is 2. The monoisotopic (exact) mass is 281 g/mol. The van der Waals surface area contributed by atoms with Gasteiger partial charge in [-0.15, -0.1) is 0 Å². The van der Waals surface area contributed by atoms with Crippen molar-refractivity contribution in [2.24, 2.45) is 5.84 Å². The summed E-state index contributed by atoms with van der Waals surface area (Å²) in [5.41, 5.74) is 2.46. The van der Waals surface area contributed by atoms with Crippen molar-refractivity contribution in [1.82, 2.24) is 19.9 Å². The Bertz CT molecular complexity index is 420. The standard InChI is InChI=1S/C12H23N7O/c1-4-9-8-18(2)6-5-7-19(9)11-14-10(17-13)15-12(16-11)20-3/h9H,4-8,13H2,1-3H3,(H,14,15,16,17). The van der Waals surface area contributed by atoms with Gasteiger partial charge in [-0.2, -0.15) is 15.0 Å². The minimum atomic E-state index is 0.274. The number of hydrogen-bond donors (Lipinski definition) is 2. The SMILES string of the molecule is CCC1CN(C)CCCN1c1nc(NN)nc(OC)n1. The van der Waals surface area contributed by atoms with Gasteiger partial charge in [-0.25, -0.2) is 5.84 Å². The molecule has 0 radical (unpaired) electrons. The van der Waals surface area contributed by atoms with Crippen LogP contribution in [0.1, 0.15) is 19.8 Å². The molecule has 8 nitrogen and oxygen atoms in total. The highest BCUT2D eigenvalue weighted by Crippen LogP contribution is 2.20. The minimum absolute atomic E-state index is 0.274. The van der Waals surface area contributed by atoms with E-state index in [-0.39, 0.29) is 6.01 Å². The molecule has 0 saturated carbocycles. The van der Waals surface area contributed by atoms with Crippen LogP contribution < -0.4 is 20.9 Å². The van der Waals surface area contributed by atoms with Gasteiger partial charge in [0.2, 0.25) is 11.9 Å². The van der Waals surface area contributed by atoms with E-state index >= 15 is 0 Å². The minimum Gasteiger partial charge on any atom is -0.467 e. The summed E-state index contributed by atoms with van der Waals surface area (Å²) in [5, 5.41) is 0.